The number of benzene rings is 1. The van der Waals surface area contributed by atoms with Gasteiger partial charge >= 0.3 is 11.9 Å². The molecule has 5 N–H and O–H groups in total. The monoisotopic (exact) mass is 390 g/mol. The van der Waals surface area contributed by atoms with Crippen molar-refractivity contribution in [3.8, 4) is 0 Å². The third kappa shape index (κ3) is 6.14. The van der Waals surface area contributed by atoms with Gasteiger partial charge in [-0.2, -0.15) is 0 Å². The maximum absolute atomic E-state index is 13.0. The normalized spacial score (nSPS) is 21.2. The lowest BCUT2D eigenvalue weighted by Gasteiger charge is -2.26. The summed E-state index contributed by atoms with van der Waals surface area (Å²) >= 11 is 0. The van der Waals surface area contributed by atoms with E-state index in [-0.39, 0.29) is 5.78 Å². The predicted octanol–water partition coefficient (Wildman–Crippen LogP) is 1.84. The molecule has 1 aromatic rings. The molecule has 0 radical (unpaired) electrons. The van der Waals surface area contributed by atoms with Crippen molar-refractivity contribution in [1.82, 2.24) is 5.32 Å². The molecule has 1 saturated carbocycles. The Kier molecular flexibility index (Phi) is 8.60. The molecule has 2 rings (SSSR count). The van der Waals surface area contributed by atoms with Crippen LogP contribution < -0.4 is 11.1 Å². The lowest BCUT2D eigenvalue weighted by atomic mass is 9.86. The van der Waals surface area contributed by atoms with E-state index in [4.69, 9.17) is 5.73 Å². The van der Waals surface area contributed by atoms with E-state index in [1.54, 1.807) is 0 Å². The van der Waals surface area contributed by atoms with Crippen molar-refractivity contribution >= 4 is 17.7 Å². The van der Waals surface area contributed by atoms with Crippen LogP contribution in [0.3, 0.4) is 0 Å². The Bertz CT molecular complexity index is 664. The molecule has 0 heterocycles. The summed E-state index contributed by atoms with van der Waals surface area (Å²) in [6.07, 6.45) is 3.63. The number of carboxylic acid groups (broad SMARTS) is 2. The van der Waals surface area contributed by atoms with Crippen LogP contribution in [0.5, 0.6) is 0 Å². The second kappa shape index (κ2) is 10.9. The zero-order valence-corrected chi connectivity index (χ0v) is 16.0. The molecule has 4 atom stereocenters. The van der Waals surface area contributed by atoms with Gasteiger partial charge in [-0.1, -0.05) is 36.8 Å². The highest BCUT2D eigenvalue weighted by Gasteiger charge is 2.40. The minimum atomic E-state index is -1.01. The first-order valence-electron chi connectivity index (χ1n) is 9.93. The van der Waals surface area contributed by atoms with E-state index < -0.39 is 35.9 Å². The Morgan fingerprint density at radius 2 is 1.71 bits per heavy atom. The van der Waals surface area contributed by atoms with Crippen LogP contribution in [0.1, 0.15) is 44.1 Å². The number of carboxylic acids is 2. The first kappa shape index (κ1) is 22.0. The number of aliphatic carboxylic acids is 2. The lowest BCUT2D eigenvalue weighted by molar-refractivity contribution is -0.146. The van der Waals surface area contributed by atoms with Crippen LogP contribution in [0.4, 0.5) is 0 Å². The average molecular weight is 390 g/mol. The third-order valence-corrected chi connectivity index (χ3v) is 5.50. The molecular weight excluding hydrogens is 360 g/mol. The molecule has 1 fully saturated rings. The number of nitrogens with one attached hydrogen (secondary N) is 1. The Morgan fingerprint density at radius 1 is 1.04 bits per heavy atom. The van der Waals surface area contributed by atoms with Gasteiger partial charge < -0.3 is 15.9 Å². The Morgan fingerprint density at radius 3 is 2.32 bits per heavy atom. The highest BCUT2D eigenvalue weighted by molar-refractivity contribution is 5.91. The Balaban J connectivity index is 2.07. The molecule has 0 saturated heterocycles. The second-order valence-corrected chi connectivity index (χ2v) is 7.45. The maximum atomic E-state index is 13.0. The van der Waals surface area contributed by atoms with Gasteiger partial charge in [0.2, 0.25) is 0 Å². The van der Waals surface area contributed by atoms with Crippen LogP contribution in [0.15, 0.2) is 30.3 Å². The smallest absolute Gasteiger partial charge is 0.320 e. The highest BCUT2D eigenvalue weighted by Crippen LogP contribution is 2.34. The summed E-state index contributed by atoms with van der Waals surface area (Å²) in [5.74, 6) is -3.39. The van der Waals surface area contributed by atoms with E-state index in [9.17, 15) is 24.6 Å². The minimum Gasteiger partial charge on any atom is -0.481 e. The van der Waals surface area contributed by atoms with Gasteiger partial charge in [-0.3, -0.25) is 19.7 Å². The van der Waals surface area contributed by atoms with Crippen LogP contribution in [0.2, 0.25) is 0 Å². The van der Waals surface area contributed by atoms with Gasteiger partial charge in [0.05, 0.1) is 12.0 Å². The van der Waals surface area contributed by atoms with Crippen molar-refractivity contribution in [2.75, 3.05) is 6.54 Å². The number of nitrogens with two attached hydrogens (primary N) is 1. The fourth-order valence-corrected chi connectivity index (χ4v) is 3.96. The molecule has 154 valence electrons. The molecule has 0 aromatic heterocycles. The molecule has 0 amide bonds. The zero-order chi connectivity index (χ0) is 20.5. The molecule has 7 nitrogen and oxygen atoms in total. The number of carbonyl (C=O) groups excluding carboxylic acids is 1. The number of carbonyl (C=O) groups is 3. The summed E-state index contributed by atoms with van der Waals surface area (Å²) < 4.78 is 0. The van der Waals surface area contributed by atoms with Crippen LogP contribution in [-0.2, 0) is 20.8 Å². The molecule has 1 aromatic carbocycles. The number of aryl methyl sites for hydroxylation is 1. The fraction of sp³-hybridized carbons (Fsp3) is 0.571. The summed E-state index contributed by atoms with van der Waals surface area (Å²) in [4.78, 5) is 36.2. The first-order chi connectivity index (χ1) is 13.4. The van der Waals surface area contributed by atoms with Gasteiger partial charge in [0.25, 0.3) is 0 Å². The highest BCUT2D eigenvalue weighted by atomic mass is 16.4. The first-order valence-corrected chi connectivity index (χ1v) is 9.93. The number of hydrogen-bond donors (Lipinski definition) is 4. The third-order valence-electron chi connectivity index (χ3n) is 5.50. The van der Waals surface area contributed by atoms with Crippen LogP contribution >= 0.6 is 0 Å². The predicted molar refractivity (Wildman–Crippen MR) is 105 cm³/mol. The van der Waals surface area contributed by atoms with E-state index in [0.717, 1.165) is 5.56 Å². The number of Topliss-reactive ketones (excluding diaryl/α,β-unsaturated/α-hetero) is 1. The molecule has 7 heteroatoms. The summed E-state index contributed by atoms with van der Waals surface area (Å²) in [5, 5.41) is 22.0. The standard InChI is InChI=1S/C21H30N2O5/c22-13-5-10-17(19(24)15-8-4-9-16(15)20(25)26)23-18(21(27)28)12-11-14-6-2-1-3-7-14/h1-3,6-7,15-18,23H,4-5,8-13,22H2,(H,25,26)(H,27,28)/t15?,16?,17-,18?/m0/s1. The van der Waals surface area contributed by atoms with Gasteiger partial charge in [0.15, 0.2) is 5.78 Å². The SMILES string of the molecule is NCCC[C@H](NC(CCc1ccccc1)C(=O)O)C(=O)C1CCCC1C(=O)O. The van der Waals surface area contributed by atoms with E-state index in [1.807, 2.05) is 30.3 Å². The largest absolute Gasteiger partial charge is 0.481 e. The van der Waals surface area contributed by atoms with Crippen molar-refractivity contribution in [1.29, 1.82) is 0 Å². The Labute approximate surface area is 165 Å². The molecule has 3 unspecified atom stereocenters. The zero-order valence-electron chi connectivity index (χ0n) is 16.0. The minimum absolute atomic E-state index is 0.190. The van der Waals surface area contributed by atoms with Gasteiger partial charge in [-0.25, -0.2) is 0 Å². The summed E-state index contributed by atoms with van der Waals surface area (Å²) in [7, 11) is 0. The Hall–Kier alpha value is -2.25. The molecule has 28 heavy (non-hydrogen) atoms. The quantitative estimate of drug-likeness (QED) is 0.428. The molecule has 0 aliphatic heterocycles. The van der Waals surface area contributed by atoms with E-state index in [1.165, 1.54) is 0 Å². The average Bonchev–Trinajstić information content (AvgIpc) is 3.17. The van der Waals surface area contributed by atoms with Crippen LogP contribution in [-0.4, -0.2) is 46.6 Å². The van der Waals surface area contributed by atoms with Crippen molar-refractivity contribution in [2.24, 2.45) is 17.6 Å². The molecule has 0 bridgehead atoms. The van der Waals surface area contributed by atoms with Crippen molar-refractivity contribution in [3.05, 3.63) is 35.9 Å². The van der Waals surface area contributed by atoms with Crippen molar-refractivity contribution in [2.45, 2.75) is 57.0 Å². The van der Waals surface area contributed by atoms with E-state index in [0.29, 0.717) is 51.5 Å². The van der Waals surface area contributed by atoms with Gasteiger partial charge in [-0.15, -0.1) is 0 Å². The molecular formula is C21H30N2O5. The molecule has 1 aliphatic rings. The van der Waals surface area contributed by atoms with Crippen LogP contribution in [0.25, 0.3) is 0 Å². The van der Waals surface area contributed by atoms with Crippen LogP contribution in [0, 0.1) is 11.8 Å². The fourth-order valence-electron chi connectivity index (χ4n) is 3.96. The van der Waals surface area contributed by atoms with Crippen molar-refractivity contribution < 1.29 is 24.6 Å². The second-order valence-electron chi connectivity index (χ2n) is 7.45. The van der Waals surface area contributed by atoms with E-state index in [2.05, 4.69) is 5.32 Å². The van der Waals surface area contributed by atoms with Gasteiger partial charge in [0, 0.05) is 5.92 Å². The maximum Gasteiger partial charge on any atom is 0.320 e. The number of hydrogen-bond acceptors (Lipinski definition) is 5. The topological polar surface area (TPSA) is 130 Å². The summed E-state index contributed by atoms with van der Waals surface area (Å²) in [5.41, 5.74) is 6.61. The summed E-state index contributed by atoms with van der Waals surface area (Å²) in [6, 6.07) is 8.01. The van der Waals surface area contributed by atoms with Gasteiger partial charge in [0.1, 0.15) is 6.04 Å². The lowest BCUT2D eigenvalue weighted by Crippen LogP contribution is -2.50. The molecule has 1 aliphatic carbocycles. The van der Waals surface area contributed by atoms with Gasteiger partial charge in [-0.05, 0) is 50.6 Å². The van der Waals surface area contributed by atoms with Crippen molar-refractivity contribution in [3.63, 3.8) is 0 Å². The number of rotatable bonds is 12. The summed E-state index contributed by atoms with van der Waals surface area (Å²) in [6.45, 7) is 0.389. The van der Waals surface area contributed by atoms with E-state index >= 15 is 0 Å². The number of ketones is 1. The molecule has 0 spiro atoms.